The first kappa shape index (κ1) is 20.1. The van der Waals surface area contributed by atoms with Gasteiger partial charge in [-0.15, -0.1) is 0 Å². The van der Waals surface area contributed by atoms with Crippen molar-refractivity contribution in [3.63, 3.8) is 0 Å². The molecule has 3 aromatic carbocycles. The third-order valence-electron chi connectivity index (χ3n) is 3.93. The summed E-state index contributed by atoms with van der Waals surface area (Å²) in [6, 6.07) is 21.0. The van der Waals surface area contributed by atoms with Gasteiger partial charge in [0.25, 0.3) is 15.9 Å². The molecule has 3 rings (SSSR count). The topological polar surface area (TPSA) is 104 Å². The summed E-state index contributed by atoms with van der Waals surface area (Å²) in [5.41, 5.74) is 1.43. The van der Waals surface area contributed by atoms with Gasteiger partial charge in [-0.3, -0.25) is 14.3 Å². The Morgan fingerprint density at radius 2 is 1.31 bits per heavy atom. The standard InChI is InChI=1S/C21H19N3O4S/c1-15(25)22-17-11-13-18(14-12-17)29(27,28)24-20-10-6-5-9-19(20)21(26)23-16-7-3-2-4-8-16/h2-14,24H,1H3,(H,22,25)(H,23,26). The van der Waals surface area contributed by atoms with Gasteiger partial charge in [-0.05, 0) is 48.5 Å². The smallest absolute Gasteiger partial charge is 0.261 e. The van der Waals surface area contributed by atoms with Crippen molar-refractivity contribution in [2.24, 2.45) is 0 Å². The summed E-state index contributed by atoms with van der Waals surface area (Å²) >= 11 is 0. The van der Waals surface area contributed by atoms with Crippen LogP contribution in [0.3, 0.4) is 0 Å². The molecule has 3 N–H and O–H groups in total. The highest BCUT2D eigenvalue weighted by Crippen LogP contribution is 2.22. The van der Waals surface area contributed by atoms with Crippen LogP contribution in [0, 0.1) is 0 Å². The lowest BCUT2D eigenvalue weighted by molar-refractivity contribution is -0.114. The largest absolute Gasteiger partial charge is 0.326 e. The highest BCUT2D eigenvalue weighted by Gasteiger charge is 2.19. The van der Waals surface area contributed by atoms with Crippen molar-refractivity contribution in [1.29, 1.82) is 0 Å². The number of rotatable bonds is 6. The van der Waals surface area contributed by atoms with Gasteiger partial charge in [-0.1, -0.05) is 30.3 Å². The molecule has 0 saturated carbocycles. The summed E-state index contributed by atoms with van der Waals surface area (Å²) in [5, 5.41) is 5.31. The lowest BCUT2D eigenvalue weighted by Crippen LogP contribution is -2.18. The van der Waals surface area contributed by atoms with Crippen molar-refractivity contribution < 1.29 is 18.0 Å². The molecule has 0 aliphatic heterocycles. The van der Waals surface area contributed by atoms with Gasteiger partial charge in [-0.25, -0.2) is 8.42 Å². The molecule has 0 heterocycles. The average molecular weight is 409 g/mol. The molecule has 0 unspecified atom stereocenters. The maximum atomic E-state index is 12.7. The quantitative estimate of drug-likeness (QED) is 0.577. The van der Waals surface area contributed by atoms with Crippen LogP contribution in [0.15, 0.2) is 83.8 Å². The minimum atomic E-state index is -3.93. The first-order valence-corrected chi connectivity index (χ1v) is 10.2. The maximum absolute atomic E-state index is 12.7. The van der Waals surface area contributed by atoms with E-state index in [9.17, 15) is 18.0 Å². The Morgan fingerprint density at radius 1 is 0.724 bits per heavy atom. The normalized spacial score (nSPS) is 10.8. The second kappa shape index (κ2) is 8.57. The van der Waals surface area contributed by atoms with Gasteiger partial charge in [0.1, 0.15) is 0 Å². The van der Waals surface area contributed by atoms with Crippen LogP contribution in [0.1, 0.15) is 17.3 Å². The number of hydrogen-bond donors (Lipinski definition) is 3. The Bertz CT molecular complexity index is 1130. The van der Waals surface area contributed by atoms with Crippen LogP contribution >= 0.6 is 0 Å². The maximum Gasteiger partial charge on any atom is 0.261 e. The Kier molecular flexibility index (Phi) is 5.94. The van der Waals surface area contributed by atoms with Crippen LogP contribution in [0.25, 0.3) is 0 Å². The lowest BCUT2D eigenvalue weighted by atomic mass is 10.1. The van der Waals surface area contributed by atoms with E-state index in [0.29, 0.717) is 11.4 Å². The second-order valence-electron chi connectivity index (χ2n) is 6.18. The molecule has 3 aromatic rings. The number of sulfonamides is 1. The molecule has 0 radical (unpaired) electrons. The van der Waals surface area contributed by atoms with Gasteiger partial charge in [0.05, 0.1) is 16.1 Å². The molecule has 0 spiro atoms. The molecule has 0 bridgehead atoms. The number of carbonyl (C=O) groups is 2. The second-order valence-corrected chi connectivity index (χ2v) is 7.86. The zero-order valence-corrected chi connectivity index (χ0v) is 16.4. The van der Waals surface area contributed by atoms with Crippen molar-refractivity contribution in [3.8, 4) is 0 Å². The predicted octanol–water partition coefficient (Wildman–Crippen LogP) is 3.70. The molecule has 2 amide bonds. The molecule has 0 atom stereocenters. The zero-order valence-electron chi connectivity index (χ0n) is 15.5. The Morgan fingerprint density at radius 3 is 1.97 bits per heavy atom. The molecule has 0 saturated heterocycles. The van der Waals surface area contributed by atoms with Gasteiger partial charge in [0.2, 0.25) is 5.91 Å². The van der Waals surface area contributed by atoms with E-state index in [4.69, 9.17) is 0 Å². The van der Waals surface area contributed by atoms with Crippen molar-refractivity contribution in [1.82, 2.24) is 0 Å². The van der Waals surface area contributed by atoms with Crippen molar-refractivity contribution in [2.75, 3.05) is 15.4 Å². The molecule has 8 heteroatoms. The molecule has 0 aromatic heterocycles. The number of hydrogen-bond acceptors (Lipinski definition) is 4. The van der Waals surface area contributed by atoms with E-state index in [-0.39, 0.29) is 22.1 Å². The van der Waals surface area contributed by atoms with Gasteiger partial charge >= 0.3 is 0 Å². The van der Waals surface area contributed by atoms with Crippen molar-refractivity contribution in [3.05, 3.63) is 84.4 Å². The molecule has 0 fully saturated rings. The van der Waals surface area contributed by atoms with E-state index in [1.807, 2.05) is 6.07 Å². The number of anilines is 3. The van der Waals surface area contributed by atoms with E-state index in [1.165, 1.54) is 43.3 Å². The predicted molar refractivity (Wildman–Crippen MR) is 112 cm³/mol. The van der Waals surface area contributed by atoms with Gasteiger partial charge in [0, 0.05) is 18.3 Å². The SMILES string of the molecule is CC(=O)Nc1ccc(S(=O)(=O)Nc2ccccc2C(=O)Nc2ccccc2)cc1. The van der Waals surface area contributed by atoms with Crippen LogP contribution < -0.4 is 15.4 Å². The van der Waals surface area contributed by atoms with Gasteiger partial charge < -0.3 is 10.6 Å². The molecule has 7 nitrogen and oxygen atoms in total. The van der Waals surface area contributed by atoms with Crippen LogP contribution in [0.4, 0.5) is 17.1 Å². The fourth-order valence-corrected chi connectivity index (χ4v) is 3.69. The van der Waals surface area contributed by atoms with E-state index in [1.54, 1.807) is 36.4 Å². The number of carbonyl (C=O) groups excluding carboxylic acids is 2. The monoisotopic (exact) mass is 409 g/mol. The number of amides is 2. The Labute approximate surface area is 168 Å². The van der Waals surface area contributed by atoms with E-state index < -0.39 is 15.9 Å². The Hall–Kier alpha value is -3.65. The molecule has 29 heavy (non-hydrogen) atoms. The first-order valence-electron chi connectivity index (χ1n) is 8.71. The number of benzene rings is 3. The highest BCUT2D eigenvalue weighted by atomic mass is 32.2. The first-order chi connectivity index (χ1) is 13.8. The summed E-state index contributed by atoms with van der Waals surface area (Å²) in [6.07, 6.45) is 0. The lowest BCUT2D eigenvalue weighted by Gasteiger charge is -2.13. The van der Waals surface area contributed by atoms with Gasteiger partial charge in [-0.2, -0.15) is 0 Å². The van der Waals surface area contributed by atoms with Crippen molar-refractivity contribution >= 4 is 38.9 Å². The average Bonchev–Trinajstić information content (AvgIpc) is 2.69. The molecular formula is C21H19N3O4S. The summed E-state index contributed by atoms with van der Waals surface area (Å²) in [6.45, 7) is 1.36. The summed E-state index contributed by atoms with van der Waals surface area (Å²) in [4.78, 5) is 23.7. The molecule has 148 valence electrons. The molecular weight excluding hydrogens is 390 g/mol. The van der Waals surface area contributed by atoms with Crippen LogP contribution in [0.5, 0.6) is 0 Å². The zero-order chi connectivity index (χ0) is 20.9. The third-order valence-corrected chi connectivity index (χ3v) is 5.31. The van der Waals surface area contributed by atoms with E-state index >= 15 is 0 Å². The summed E-state index contributed by atoms with van der Waals surface area (Å²) < 4.78 is 27.9. The van der Waals surface area contributed by atoms with E-state index in [0.717, 1.165) is 0 Å². The third kappa shape index (κ3) is 5.20. The fourth-order valence-electron chi connectivity index (χ4n) is 2.61. The molecule has 0 aliphatic carbocycles. The number of nitrogens with one attached hydrogen (secondary N) is 3. The van der Waals surface area contributed by atoms with Crippen LogP contribution in [-0.4, -0.2) is 20.2 Å². The fraction of sp³-hybridized carbons (Fsp3) is 0.0476. The van der Waals surface area contributed by atoms with Crippen molar-refractivity contribution in [2.45, 2.75) is 11.8 Å². The Balaban J connectivity index is 1.82. The molecule has 0 aliphatic rings. The summed E-state index contributed by atoms with van der Waals surface area (Å²) in [7, 11) is -3.93. The van der Waals surface area contributed by atoms with Gasteiger partial charge in [0.15, 0.2) is 0 Å². The van der Waals surface area contributed by atoms with Crippen LogP contribution in [0.2, 0.25) is 0 Å². The minimum absolute atomic E-state index is 0.00451. The summed E-state index contributed by atoms with van der Waals surface area (Å²) in [5.74, 6) is -0.687. The van der Waals surface area contributed by atoms with E-state index in [2.05, 4.69) is 15.4 Å². The number of para-hydroxylation sites is 2. The minimum Gasteiger partial charge on any atom is -0.326 e. The van der Waals surface area contributed by atoms with Crippen LogP contribution in [-0.2, 0) is 14.8 Å². The highest BCUT2D eigenvalue weighted by molar-refractivity contribution is 7.92.